The van der Waals surface area contributed by atoms with Crippen molar-refractivity contribution < 1.29 is 58.5 Å². The summed E-state index contributed by atoms with van der Waals surface area (Å²) in [5, 5.41) is 37.5. The number of benzene rings is 4. The maximum absolute atomic E-state index is 10.6. The van der Waals surface area contributed by atoms with Gasteiger partial charge in [-0.25, -0.2) is 4.57 Å². The topological polar surface area (TPSA) is 336 Å². The molecule has 3 atom stereocenters. The van der Waals surface area contributed by atoms with E-state index in [0.717, 1.165) is 45.6 Å². The fourth-order valence-corrected chi connectivity index (χ4v) is 5.34. The summed E-state index contributed by atoms with van der Waals surface area (Å²) in [6, 6.07) is 24.5. The van der Waals surface area contributed by atoms with Gasteiger partial charge in [-0.15, -0.1) is 0 Å². The van der Waals surface area contributed by atoms with Crippen molar-refractivity contribution in [3.8, 4) is 5.75 Å². The molecule has 0 bridgehead atoms. The third-order valence-corrected chi connectivity index (χ3v) is 8.26. The Morgan fingerprint density at radius 3 is 1.80 bits per heavy atom. The molecule has 302 valence electrons. The van der Waals surface area contributed by atoms with Gasteiger partial charge in [-0.05, 0) is 71.5 Å². The molecule has 0 spiro atoms. The van der Waals surface area contributed by atoms with Crippen LogP contribution in [0.15, 0.2) is 97.2 Å². The average molecular weight is 798 g/mol. The van der Waals surface area contributed by atoms with Crippen LogP contribution in [-0.2, 0) is 43.0 Å². The highest BCUT2D eigenvalue weighted by molar-refractivity contribution is 7.46. The molecule has 0 saturated carbocycles. The number of para-hydroxylation sites is 1. The number of nitrogens with one attached hydrogen (secondary N) is 1. The van der Waals surface area contributed by atoms with Crippen LogP contribution >= 0.6 is 7.82 Å². The number of rotatable bonds is 15. The number of aromatic amines is 1. The van der Waals surface area contributed by atoms with Gasteiger partial charge in [0.15, 0.2) is 0 Å². The van der Waals surface area contributed by atoms with Crippen LogP contribution in [-0.4, -0.2) is 83.7 Å². The van der Waals surface area contributed by atoms with Gasteiger partial charge >= 0.3 is 31.7 Å². The summed E-state index contributed by atoms with van der Waals surface area (Å²) in [5.74, 6) is -3.80. The van der Waals surface area contributed by atoms with Gasteiger partial charge in [0.1, 0.15) is 23.9 Å². The van der Waals surface area contributed by atoms with Crippen molar-refractivity contribution in [2.75, 3.05) is 6.54 Å². The minimum atomic E-state index is -4.56. The summed E-state index contributed by atoms with van der Waals surface area (Å²) in [5.41, 5.74) is 24.7. The van der Waals surface area contributed by atoms with E-state index in [4.69, 9.17) is 53.1 Å². The maximum atomic E-state index is 10.6. The largest absolute Gasteiger partial charge is 0.524 e. The number of nitrogens with two attached hydrogens (primary N) is 4. The Bertz CT molecular complexity index is 2070. The molecule has 0 aliphatic heterocycles. The Kier molecular flexibility index (Phi) is 19.4. The van der Waals surface area contributed by atoms with E-state index in [0.29, 0.717) is 24.9 Å². The number of aliphatic carboxylic acids is 4. The van der Waals surface area contributed by atoms with Crippen LogP contribution in [0.1, 0.15) is 36.0 Å². The van der Waals surface area contributed by atoms with Crippen LogP contribution in [0.2, 0.25) is 0 Å². The van der Waals surface area contributed by atoms with E-state index < -0.39 is 49.8 Å². The molecular weight excluding hydrogens is 749 g/mol. The second-order valence-electron chi connectivity index (χ2n) is 12.4. The smallest absolute Gasteiger partial charge is 0.481 e. The third kappa shape index (κ3) is 17.7. The monoisotopic (exact) mass is 797 g/mol. The van der Waals surface area contributed by atoms with Gasteiger partial charge < -0.3 is 52.9 Å². The quantitative estimate of drug-likeness (QED) is 0.0535. The number of carbonyl (C=O) groups is 4. The SMILES string of the molecule is NC(Cc1c[nH]c2ccccc12)C(=O)O.NC(Cc1ccc(OP(=O)(O)O)cc1)C(=O)O.NCCCCC(N)C(=O)O.O=C(O)Cc1ccc2ccccc2c1. The molecule has 0 aliphatic carbocycles. The number of unbranched alkanes of at least 4 members (excludes halogenated alkanes) is 1. The van der Waals surface area contributed by atoms with Crippen molar-refractivity contribution in [1.82, 2.24) is 4.98 Å². The predicted molar refractivity (Wildman–Crippen MR) is 210 cm³/mol. The highest BCUT2D eigenvalue weighted by Gasteiger charge is 2.17. The van der Waals surface area contributed by atoms with Crippen molar-refractivity contribution in [2.45, 2.75) is 56.7 Å². The Morgan fingerprint density at radius 1 is 0.679 bits per heavy atom. The number of hydrogen-bond donors (Lipinski definition) is 11. The van der Waals surface area contributed by atoms with Crippen LogP contribution in [0.4, 0.5) is 0 Å². The standard InChI is InChI=1S/C12H10O2.C11H12N2O2.C9H12NO6P.C6H14N2O2/c13-12(14)8-9-5-6-10-3-1-2-4-11(10)7-9;12-9(11(14)15)5-7-6-13-10-4-2-1-3-8(7)10;10-8(9(11)12)5-6-1-3-7(4-2-6)16-17(13,14)15;7-4-2-1-3-5(8)6(9)10/h1-7H,8H2,(H,13,14);1-4,6,9,13H,5,12H2,(H,14,15);1-4,8H,5,10H2,(H,11,12)(H2,13,14,15);5H,1-4,7-8H2,(H,9,10). The molecule has 0 saturated heterocycles. The van der Waals surface area contributed by atoms with E-state index in [2.05, 4.69) is 9.51 Å². The zero-order chi connectivity index (χ0) is 41.8. The molecule has 1 heterocycles. The molecule has 3 unspecified atom stereocenters. The minimum absolute atomic E-state index is 0.00554. The molecule has 4 aromatic carbocycles. The molecule has 56 heavy (non-hydrogen) atoms. The fraction of sp³-hybridized carbons (Fsp3) is 0.263. The fourth-order valence-electron chi connectivity index (χ4n) is 4.95. The van der Waals surface area contributed by atoms with Gasteiger partial charge in [-0.3, -0.25) is 29.0 Å². The second kappa shape index (κ2) is 23.3. The van der Waals surface area contributed by atoms with Gasteiger partial charge in [0.05, 0.1) is 6.42 Å². The lowest BCUT2D eigenvalue weighted by Crippen LogP contribution is -2.32. The summed E-state index contributed by atoms with van der Waals surface area (Å²) < 4.78 is 14.9. The first-order chi connectivity index (χ1) is 26.4. The number of H-pyrrole nitrogens is 1. The Morgan fingerprint density at radius 2 is 1.23 bits per heavy atom. The van der Waals surface area contributed by atoms with Crippen molar-refractivity contribution in [2.24, 2.45) is 22.9 Å². The lowest BCUT2D eigenvalue weighted by molar-refractivity contribution is -0.139. The van der Waals surface area contributed by atoms with Gasteiger partial charge in [0.25, 0.3) is 0 Å². The van der Waals surface area contributed by atoms with E-state index in [1.165, 1.54) is 24.3 Å². The van der Waals surface area contributed by atoms with Crippen molar-refractivity contribution in [3.05, 3.63) is 114 Å². The van der Waals surface area contributed by atoms with Crippen LogP contribution < -0.4 is 27.5 Å². The zero-order valence-corrected chi connectivity index (χ0v) is 31.2. The normalized spacial score (nSPS) is 12.3. The number of hydrogen-bond acceptors (Lipinski definition) is 10. The lowest BCUT2D eigenvalue weighted by Gasteiger charge is -2.09. The minimum Gasteiger partial charge on any atom is -0.481 e. The highest BCUT2D eigenvalue weighted by Crippen LogP contribution is 2.37. The van der Waals surface area contributed by atoms with Crippen molar-refractivity contribution in [3.63, 3.8) is 0 Å². The Balaban J connectivity index is 0.000000262. The van der Waals surface area contributed by atoms with E-state index in [-0.39, 0.29) is 18.6 Å². The van der Waals surface area contributed by atoms with Crippen LogP contribution in [0.3, 0.4) is 0 Å². The zero-order valence-electron chi connectivity index (χ0n) is 30.3. The number of phosphoric acid groups is 1. The van der Waals surface area contributed by atoms with Gasteiger partial charge in [-0.2, -0.15) is 0 Å². The number of carboxylic acid groups (broad SMARTS) is 4. The molecule has 0 aliphatic rings. The van der Waals surface area contributed by atoms with Crippen LogP contribution in [0, 0.1) is 0 Å². The first kappa shape index (κ1) is 46.5. The maximum Gasteiger partial charge on any atom is 0.524 e. The molecule has 0 amide bonds. The highest BCUT2D eigenvalue weighted by atomic mass is 31.2. The molecule has 17 nitrogen and oxygen atoms in total. The molecule has 0 radical (unpaired) electrons. The molecular formula is C38H48N5O12P. The number of aromatic nitrogens is 1. The number of fused-ring (bicyclic) bond motifs is 2. The average Bonchev–Trinajstić information content (AvgIpc) is 3.54. The summed E-state index contributed by atoms with van der Waals surface area (Å²) >= 11 is 0. The molecule has 18 heteroatoms. The first-order valence-corrected chi connectivity index (χ1v) is 18.7. The van der Waals surface area contributed by atoms with E-state index in [1.54, 1.807) is 0 Å². The van der Waals surface area contributed by atoms with Gasteiger partial charge in [-0.1, -0.05) is 79.2 Å². The Labute approximate surface area is 322 Å². The van der Waals surface area contributed by atoms with Crippen molar-refractivity contribution in [1.29, 1.82) is 0 Å². The molecule has 15 N–H and O–H groups in total. The van der Waals surface area contributed by atoms with Gasteiger partial charge in [0.2, 0.25) is 0 Å². The third-order valence-electron chi connectivity index (χ3n) is 7.81. The molecule has 1 aromatic heterocycles. The Hall–Kier alpha value is -5.65. The molecule has 5 aromatic rings. The van der Waals surface area contributed by atoms with Crippen LogP contribution in [0.5, 0.6) is 5.75 Å². The summed E-state index contributed by atoms with van der Waals surface area (Å²) in [7, 11) is -4.56. The molecule has 0 fully saturated rings. The summed E-state index contributed by atoms with van der Waals surface area (Å²) in [6.45, 7) is 0.604. The second-order valence-corrected chi connectivity index (χ2v) is 13.5. The van der Waals surface area contributed by atoms with Crippen LogP contribution in [0.25, 0.3) is 21.7 Å². The molecule has 5 rings (SSSR count). The summed E-state index contributed by atoms with van der Waals surface area (Å²) in [6.07, 6.45) is 4.54. The van der Waals surface area contributed by atoms with E-state index in [1.807, 2.05) is 72.9 Å². The predicted octanol–water partition coefficient (Wildman–Crippen LogP) is 3.23. The number of carboxylic acids is 4. The van der Waals surface area contributed by atoms with E-state index >= 15 is 0 Å². The first-order valence-electron chi connectivity index (χ1n) is 17.1. The van der Waals surface area contributed by atoms with Gasteiger partial charge in [0, 0.05) is 23.5 Å². The van der Waals surface area contributed by atoms with Crippen molar-refractivity contribution >= 4 is 53.4 Å². The number of phosphoric ester groups is 1. The van der Waals surface area contributed by atoms with E-state index in [9.17, 15) is 23.7 Å². The summed E-state index contributed by atoms with van der Waals surface area (Å²) in [4.78, 5) is 62.0. The lowest BCUT2D eigenvalue weighted by atomic mass is 10.1.